The van der Waals surface area contributed by atoms with Crippen molar-refractivity contribution in [1.29, 1.82) is 0 Å². The molecule has 4 rings (SSSR count). The van der Waals surface area contributed by atoms with Crippen molar-refractivity contribution in [3.8, 4) is 0 Å². The van der Waals surface area contributed by atoms with Gasteiger partial charge in [0.1, 0.15) is 11.8 Å². The average Bonchev–Trinajstić information content (AvgIpc) is 3.17. The average molecular weight is 348 g/mol. The molecule has 0 atom stereocenters. The number of aromatic nitrogens is 4. The fraction of sp³-hybridized carbons (Fsp3) is 0.263. The zero-order chi connectivity index (χ0) is 17.9. The van der Waals surface area contributed by atoms with Gasteiger partial charge in [-0.3, -0.25) is 4.79 Å². The van der Waals surface area contributed by atoms with E-state index in [0.717, 1.165) is 18.5 Å². The Labute approximate surface area is 151 Å². The van der Waals surface area contributed by atoms with Crippen LogP contribution < -0.4 is 4.90 Å². The topological polar surface area (TPSA) is 78.0 Å². The molecule has 26 heavy (non-hydrogen) atoms. The maximum atomic E-state index is 12.7. The second-order valence-corrected chi connectivity index (χ2v) is 6.34. The quantitative estimate of drug-likeness (QED) is 0.781. The molecule has 0 bridgehead atoms. The highest BCUT2D eigenvalue weighted by Gasteiger charge is 2.20. The van der Waals surface area contributed by atoms with Crippen LogP contribution in [0.4, 0.5) is 5.82 Å². The molecule has 1 amide bonds. The summed E-state index contributed by atoms with van der Waals surface area (Å²) >= 11 is 0. The summed E-state index contributed by atoms with van der Waals surface area (Å²) in [6.07, 6.45) is 6.07. The van der Waals surface area contributed by atoms with Gasteiger partial charge in [-0.05, 0) is 17.6 Å². The summed E-state index contributed by atoms with van der Waals surface area (Å²) in [7, 11) is 1.86. The Morgan fingerprint density at radius 2 is 2.08 bits per heavy atom. The van der Waals surface area contributed by atoms with Crippen LogP contribution in [-0.2, 0) is 4.79 Å². The van der Waals surface area contributed by atoms with Gasteiger partial charge in [0, 0.05) is 20.1 Å². The number of fused-ring (bicyclic) bond motifs is 1. The fourth-order valence-electron chi connectivity index (χ4n) is 3.23. The Balaban J connectivity index is 1.43. The van der Waals surface area contributed by atoms with Crippen LogP contribution >= 0.6 is 0 Å². The van der Waals surface area contributed by atoms with Crippen LogP contribution in [0.25, 0.3) is 16.7 Å². The lowest BCUT2D eigenvalue weighted by molar-refractivity contribution is -0.129. The van der Waals surface area contributed by atoms with Crippen molar-refractivity contribution in [3.63, 3.8) is 0 Å². The number of benzene rings is 1. The molecule has 1 N–H and O–H groups in total. The van der Waals surface area contributed by atoms with Crippen molar-refractivity contribution in [2.24, 2.45) is 0 Å². The monoisotopic (exact) mass is 348 g/mol. The SMILES string of the molecule is CN(CC(=O)N1CC=C(c2ccccc2)CC1)c1ncnc2nc[nH]c12. The van der Waals surface area contributed by atoms with Gasteiger partial charge in [-0.2, -0.15) is 0 Å². The maximum Gasteiger partial charge on any atom is 0.242 e. The Kier molecular flexibility index (Phi) is 4.35. The van der Waals surface area contributed by atoms with Gasteiger partial charge in [0.25, 0.3) is 0 Å². The lowest BCUT2D eigenvalue weighted by atomic mass is 9.99. The molecule has 1 aromatic carbocycles. The molecule has 0 fully saturated rings. The summed E-state index contributed by atoms with van der Waals surface area (Å²) in [5.41, 5.74) is 3.88. The van der Waals surface area contributed by atoms with E-state index in [1.807, 2.05) is 35.0 Å². The minimum Gasteiger partial charge on any atom is -0.348 e. The van der Waals surface area contributed by atoms with Crippen LogP contribution in [0.1, 0.15) is 12.0 Å². The van der Waals surface area contributed by atoms with Gasteiger partial charge in [-0.1, -0.05) is 36.4 Å². The van der Waals surface area contributed by atoms with Gasteiger partial charge in [-0.15, -0.1) is 0 Å². The van der Waals surface area contributed by atoms with Crippen molar-refractivity contribution in [2.45, 2.75) is 6.42 Å². The second kappa shape index (κ2) is 6.95. The minimum absolute atomic E-state index is 0.0853. The number of likely N-dealkylation sites (N-methyl/N-ethyl adjacent to an activating group) is 1. The number of hydrogen-bond donors (Lipinski definition) is 1. The first kappa shape index (κ1) is 16.3. The molecule has 0 aliphatic carbocycles. The Morgan fingerprint density at radius 1 is 1.23 bits per heavy atom. The standard InChI is InChI=1S/C19H20N6O/c1-24(19-17-18(21-12-20-17)22-13-23-19)11-16(26)25-9-7-15(8-10-25)14-5-3-2-4-6-14/h2-7,12-13H,8-11H2,1H3,(H,20,21,22,23). The molecule has 0 saturated heterocycles. The molecule has 2 aromatic heterocycles. The number of aromatic amines is 1. The zero-order valence-electron chi connectivity index (χ0n) is 14.6. The molecule has 3 aromatic rings. The summed E-state index contributed by atoms with van der Waals surface area (Å²) in [6.45, 7) is 1.64. The van der Waals surface area contributed by atoms with E-state index < -0.39 is 0 Å². The number of nitrogens with one attached hydrogen (secondary N) is 1. The van der Waals surface area contributed by atoms with Crippen LogP contribution in [0.5, 0.6) is 0 Å². The predicted octanol–water partition coefficient (Wildman–Crippen LogP) is 2.10. The number of amides is 1. The number of anilines is 1. The summed E-state index contributed by atoms with van der Waals surface area (Å²) in [4.78, 5) is 32.0. The maximum absolute atomic E-state index is 12.7. The van der Waals surface area contributed by atoms with Crippen LogP contribution in [0.2, 0.25) is 0 Å². The van der Waals surface area contributed by atoms with Crippen molar-refractivity contribution in [3.05, 3.63) is 54.6 Å². The van der Waals surface area contributed by atoms with Crippen molar-refractivity contribution < 1.29 is 4.79 Å². The third-order valence-electron chi connectivity index (χ3n) is 4.64. The Hall–Kier alpha value is -3.22. The second-order valence-electron chi connectivity index (χ2n) is 6.34. The highest BCUT2D eigenvalue weighted by Crippen LogP contribution is 2.23. The first-order chi connectivity index (χ1) is 12.7. The molecule has 7 heteroatoms. The molecule has 3 heterocycles. The number of rotatable bonds is 4. The van der Waals surface area contributed by atoms with E-state index in [0.29, 0.717) is 18.0 Å². The summed E-state index contributed by atoms with van der Waals surface area (Å²) in [6, 6.07) is 10.3. The highest BCUT2D eigenvalue weighted by molar-refractivity contribution is 5.87. The molecular formula is C19H20N6O. The summed E-state index contributed by atoms with van der Waals surface area (Å²) < 4.78 is 0. The fourth-order valence-corrected chi connectivity index (χ4v) is 3.23. The molecule has 0 saturated carbocycles. The molecule has 1 aliphatic rings. The van der Waals surface area contributed by atoms with Crippen LogP contribution in [0.3, 0.4) is 0 Å². The lowest BCUT2D eigenvalue weighted by Gasteiger charge is -2.29. The van der Waals surface area contributed by atoms with E-state index in [1.54, 1.807) is 6.33 Å². The Morgan fingerprint density at radius 3 is 2.85 bits per heavy atom. The highest BCUT2D eigenvalue weighted by atomic mass is 16.2. The van der Waals surface area contributed by atoms with E-state index in [4.69, 9.17) is 0 Å². The molecule has 1 aliphatic heterocycles. The van der Waals surface area contributed by atoms with Gasteiger partial charge in [0.05, 0.1) is 12.9 Å². The van der Waals surface area contributed by atoms with Gasteiger partial charge in [0.2, 0.25) is 5.91 Å². The van der Waals surface area contributed by atoms with Crippen molar-refractivity contribution in [1.82, 2.24) is 24.8 Å². The van der Waals surface area contributed by atoms with Crippen LogP contribution in [0.15, 0.2) is 49.1 Å². The van der Waals surface area contributed by atoms with Gasteiger partial charge in [-0.25, -0.2) is 15.0 Å². The molecule has 0 spiro atoms. The normalized spacial score (nSPS) is 14.3. The number of H-pyrrole nitrogens is 1. The summed E-state index contributed by atoms with van der Waals surface area (Å²) in [5, 5.41) is 0. The Bertz CT molecular complexity index is 949. The van der Waals surface area contributed by atoms with Crippen molar-refractivity contribution >= 4 is 28.5 Å². The smallest absolute Gasteiger partial charge is 0.242 e. The number of nitrogens with zero attached hydrogens (tertiary/aromatic N) is 5. The molecule has 7 nitrogen and oxygen atoms in total. The number of imidazole rings is 1. The molecule has 0 unspecified atom stereocenters. The third-order valence-corrected chi connectivity index (χ3v) is 4.64. The van der Waals surface area contributed by atoms with E-state index in [9.17, 15) is 4.79 Å². The van der Waals surface area contributed by atoms with E-state index in [1.165, 1.54) is 17.5 Å². The number of carbonyl (C=O) groups is 1. The molecule has 132 valence electrons. The van der Waals surface area contributed by atoms with Crippen molar-refractivity contribution in [2.75, 3.05) is 31.6 Å². The third kappa shape index (κ3) is 3.15. The molecular weight excluding hydrogens is 328 g/mol. The largest absolute Gasteiger partial charge is 0.348 e. The first-order valence-electron chi connectivity index (χ1n) is 8.60. The zero-order valence-corrected chi connectivity index (χ0v) is 14.6. The lowest BCUT2D eigenvalue weighted by Crippen LogP contribution is -2.41. The van der Waals surface area contributed by atoms with Gasteiger partial charge < -0.3 is 14.8 Å². The van der Waals surface area contributed by atoms with Crippen LogP contribution in [-0.4, -0.2) is 57.4 Å². The van der Waals surface area contributed by atoms with E-state index in [-0.39, 0.29) is 12.5 Å². The number of hydrogen-bond acceptors (Lipinski definition) is 5. The predicted molar refractivity (Wildman–Crippen MR) is 101 cm³/mol. The number of carbonyl (C=O) groups excluding carboxylic acids is 1. The van der Waals surface area contributed by atoms with Crippen LogP contribution in [0, 0.1) is 0 Å². The minimum atomic E-state index is 0.0853. The summed E-state index contributed by atoms with van der Waals surface area (Å²) in [5.74, 6) is 0.764. The molecule has 0 radical (unpaired) electrons. The van der Waals surface area contributed by atoms with Gasteiger partial charge >= 0.3 is 0 Å². The van der Waals surface area contributed by atoms with Gasteiger partial charge in [0.15, 0.2) is 11.5 Å². The van der Waals surface area contributed by atoms with E-state index >= 15 is 0 Å². The van der Waals surface area contributed by atoms with E-state index in [2.05, 4.69) is 38.1 Å². The first-order valence-corrected chi connectivity index (χ1v) is 8.60.